The number of piperidine rings is 2. The molecule has 5 rings (SSSR count). The van der Waals surface area contributed by atoms with Crippen LogP contribution in [-0.4, -0.2) is 82.6 Å². The Bertz CT molecular complexity index is 1040. The minimum Gasteiger partial charge on any atom is -0.390 e. The molecule has 0 aliphatic carbocycles. The van der Waals surface area contributed by atoms with Gasteiger partial charge in [-0.1, -0.05) is 35.6 Å². The highest BCUT2D eigenvalue weighted by molar-refractivity contribution is 7.17. The maximum atomic E-state index is 12.8. The number of anilines is 1. The van der Waals surface area contributed by atoms with E-state index in [2.05, 4.69) is 44.4 Å². The van der Waals surface area contributed by atoms with Gasteiger partial charge in [0.05, 0.1) is 12.3 Å². The Hall–Kier alpha value is -2.49. The molecule has 0 spiro atoms. The molecule has 9 heteroatoms. The van der Waals surface area contributed by atoms with Crippen LogP contribution >= 0.6 is 11.3 Å². The molecule has 2 atom stereocenters. The third kappa shape index (κ3) is 4.96. The molecule has 4 heterocycles. The number of hydrogen-bond donors (Lipinski definition) is 2. The van der Waals surface area contributed by atoms with Crippen LogP contribution in [0.3, 0.4) is 0 Å². The molecule has 3 aliphatic rings. The van der Waals surface area contributed by atoms with E-state index in [1.54, 1.807) is 13.1 Å². The number of likely N-dealkylation sites (tertiary alicyclic amines) is 1. The highest BCUT2D eigenvalue weighted by Crippen LogP contribution is 2.29. The zero-order valence-electron chi connectivity index (χ0n) is 19.7. The Kier molecular flexibility index (Phi) is 6.85. The normalized spacial score (nSPS) is 24.1. The van der Waals surface area contributed by atoms with Gasteiger partial charge in [0.2, 0.25) is 5.91 Å². The highest BCUT2D eigenvalue weighted by atomic mass is 32.1. The van der Waals surface area contributed by atoms with Crippen LogP contribution < -0.4 is 10.2 Å². The van der Waals surface area contributed by atoms with Gasteiger partial charge in [0.15, 0.2) is 5.13 Å². The van der Waals surface area contributed by atoms with Crippen LogP contribution in [0.5, 0.6) is 0 Å². The maximum Gasteiger partial charge on any atom is 0.263 e. The second-order valence-corrected chi connectivity index (χ2v) is 10.6. The molecule has 2 fully saturated rings. The maximum absolute atomic E-state index is 12.8. The van der Waals surface area contributed by atoms with Crippen LogP contribution in [0.25, 0.3) is 0 Å². The summed E-state index contributed by atoms with van der Waals surface area (Å²) in [7, 11) is 0. The van der Waals surface area contributed by atoms with Gasteiger partial charge in [-0.25, -0.2) is 4.98 Å². The topological polar surface area (TPSA) is 89.0 Å². The lowest BCUT2D eigenvalue weighted by Crippen LogP contribution is -2.55. The number of aliphatic hydroxyl groups is 1. The van der Waals surface area contributed by atoms with E-state index in [1.807, 2.05) is 4.90 Å². The summed E-state index contributed by atoms with van der Waals surface area (Å²) in [6.45, 7) is 6.17. The van der Waals surface area contributed by atoms with E-state index in [-0.39, 0.29) is 23.9 Å². The van der Waals surface area contributed by atoms with Gasteiger partial charge in [-0.05, 0) is 36.8 Å². The standard InChI is InChI=1S/C25H33N5O3S/c1-17(31)28-11-7-20(8-12-28)27-24(33)23-14-26-25(34-23)30-13-9-21(22(32)16-30)29-10-6-18-4-2-3-5-19(18)15-29/h2-5,14,20-22,32H,6-13,15-16H2,1H3,(H,27,33). The fraction of sp³-hybridized carbons (Fsp3) is 0.560. The molecule has 3 aliphatic heterocycles. The van der Waals surface area contributed by atoms with E-state index in [0.29, 0.717) is 24.5 Å². The van der Waals surface area contributed by atoms with Gasteiger partial charge in [0.1, 0.15) is 4.88 Å². The fourth-order valence-electron chi connectivity index (χ4n) is 5.43. The summed E-state index contributed by atoms with van der Waals surface area (Å²) in [6.07, 6.45) is 4.64. The van der Waals surface area contributed by atoms with Crippen LogP contribution in [0, 0.1) is 0 Å². The van der Waals surface area contributed by atoms with E-state index in [9.17, 15) is 14.7 Å². The van der Waals surface area contributed by atoms with Crippen molar-refractivity contribution < 1.29 is 14.7 Å². The summed E-state index contributed by atoms with van der Waals surface area (Å²) in [5.41, 5.74) is 2.79. The third-order valence-corrected chi connectivity index (χ3v) is 8.50. The van der Waals surface area contributed by atoms with Crippen molar-refractivity contribution in [1.29, 1.82) is 0 Å². The Balaban J connectivity index is 1.14. The summed E-state index contributed by atoms with van der Waals surface area (Å²) in [5.74, 6) is -0.0135. The molecule has 8 nitrogen and oxygen atoms in total. The number of rotatable bonds is 4. The lowest BCUT2D eigenvalue weighted by molar-refractivity contribution is -0.129. The zero-order valence-corrected chi connectivity index (χ0v) is 20.5. The molecule has 34 heavy (non-hydrogen) atoms. The van der Waals surface area contributed by atoms with Gasteiger partial charge in [-0.2, -0.15) is 0 Å². The first-order chi connectivity index (χ1) is 16.5. The average Bonchev–Trinajstić information content (AvgIpc) is 3.35. The lowest BCUT2D eigenvalue weighted by Gasteiger charge is -2.43. The largest absolute Gasteiger partial charge is 0.390 e. The number of nitrogens with one attached hydrogen (secondary N) is 1. The van der Waals surface area contributed by atoms with Crippen LogP contribution in [0.1, 0.15) is 47.0 Å². The minimum absolute atomic E-state index is 0.0842. The van der Waals surface area contributed by atoms with Gasteiger partial charge in [-0.15, -0.1) is 0 Å². The zero-order chi connectivity index (χ0) is 23.7. The number of aliphatic hydroxyl groups excluding tert-OH is 1. The third-order valence-electron chi connectivity index (χ3n) is 7.44. The molecule has 1 aromatic heterocycles. The van der Waals surface area contributed by atoms with Crippen molar-refractivity contribution in [3.05, 3.63) is 46.5 Å². The van der Waals surface area contributed by atoms with Crippen molar-refractivity contribution in [2.45, 2.75) is 57.3 Å². The summed E-state index contributed by atoms with van der Waals surface area (Å²) in [6, 6.07) is 8.82. The number of nitrogens with zero attached hydrogens (tertiary/aromatic N) is 4. The van der Waals surface area contributed by atoms with Crippen molar-refractivity contribution in [1.82, 2.24) is 20.1 Å². The number of fused-ring (bicyclic) bond motifs is 1. The summed E-state index contributed by atoms with van der Waals surface area (Å²) >= 11 is 1.38. The summed E-state index contributed by atoms with van der Waals surface area (Å²) in [5, 5.41) is 14.9. The molecule has 0 saturated carbocycles. The first-order valence-corrected chi connectivity index (χ1v) is 13.1. The molecule has 2 saturated heterocycles. The van der Waals surface area contributed by atoms with Crippen LogP contribution in [0.4, 0.5) is 5.13 Å². The number of hydrogen-bond acceptors (Lipinski definition) is 7. The number of benzene rings is 1. The Labute approximate surface area is 204 Å². The van der Waals surface area contributed by atoms with Gasteiger partial charge in [0, 0.05) is 58.3 Å². The first kappa shape index (κ1) is 23.3. The Morgan fingerprint density at radius 1 is 1.09 bits per heavy atom. The van der Waals surface area contributed by atoms with Crippen LogP contribution in [0.2, 0.25) is 0 Å². The monoisotopic (exact) mass is 483 g/mol. The molecule has 182 valence electrons. The van der Waals surface area contributed by atoms with E-state index in [1.165, 1.54) is 22.5 Å². The molecular weight excluding hydrogens is 450 g/mol. The fourth-order valence-corrected chi connectivity index (χ4v) is 6.28. The molecule has 2 amide bonds. The number of carbonyl (C=O) groups is 2. The van der Waals surface area contributed by atoms with E-state index in [4.69, 9.17) is 0 Å². The Morgan fingerprint density at radius 2 is 1.85 bits per heavy atom. The van der Waals surface area contributed by atoms with Crippen molar-refractivity contribution in [2.75, 3.05) is 37.6 Å². The second-order valence-electron chi connectivity index (χ2n) is 9.62. The first-order valence-electron chi connectivity index (χ1n) is 12.2. The van der Waals surface area contributed by atoms with E-state index < -0.39 is 6.10 Å². The van der Waals surface area contributed by atoms with Crippen molar-refractivity contribution >= 4 is 28.3 Å². The predicted molar refractivity (Wildman–Crippen MR) is 132 cm³/mol. The summed E-state index contributed by atoms with van der Waals surface area (Å²) in [4.78, 5) is 35.7. The molecule has 2 N–H and O–H groups in total. The number of amides is 2. The minimum atomic E-state index is -0.452. The van der Waals surface area contributed by atoms with Gasteiger partial charge in [-0.3, -0.25) is 14.5 Å². The van der Waals surface area contributed by atoms with Crippen molar-refractivity contribution in [2.24, 2.45) is 0 Å². The smallest absolute Gasteiger partial charge is 0.263 e. The number of carbonyl (C=O) groups excluding carboxylic acids is 2. The molecule has 2 aromatic rings. The average molecular weight is 484 g/mol. The number of aromatic nitrogens is 1. The van der Waals surface area contributed by atoms with Gasteiger partial charge < -0.3 is 20.2 Å². The molecule has 2 unspecified atom stereocenters. The molecule has 1 aromatic carbocycles. The quantitative estimate of drug-likeness (QED) is 0.691. The van der Waals surface area contributed by atoms with Crippen LogP contribution in [0.15, 0.2) is 30.5 Å². The molecule has 0 radical (unpaired) electrons. The van der Waals surface area contributed by atoms with Gasteiger partial charge >= 0.3 is 0 Å². The molecular formula is C25H33N5O3S. The predicted octanol–water partition coefficient (Wildman–Crippen LogP) is 1.88. The molecule has 0 bridgehead atoms. The second kappa shape index (κ2) is 10.0. The Morgan fingerprint density at radius 3 is 2.59 bits per heavy atom. The van der Waals surface area contributed by atoms with Gasteiger partial charge in [0.25, 0.3) is 5.91 Å². The van der Waals surface area contributed by atoms with E-state index >= 15 is 0 Å². The number of β-amino-alcohol motifs (C(OH)–C–C–N with tert-alkyl or cyclic N) is 1. The van der Waals surface area contributed by atoms with Crippen LogP contribution in [-0.2, 0) is 17.8 Å². The number of thiazole rings is 1. The lowest BCUT2D eigenvalue weighted by atomic mass is 9.94. The highest BCUT2D eigenvalue weighted by Gasteiger charge is 2.34. The van der Waals surface area contributed by atoms with Crippen molar-refractivity contribution in [3.63, 3.8) is 0 Å². The summed E-state index contributed by atoms with van der Waals surface area (Å²) < 4.78 is 0. The van der Waals surface area contributed by atoms with Crippen molar-refractivity contribution in [3.8, 4) is 0 Å². The van der Waals surface area contributed by atoms with E-state index in [0.717, 1.165) is 50.4 Å². The SMILES string of the molecule is CC(=O)N1CCC(NC(=O)c2cnc(N3CCC(N4CCc5ccccc5C4)C(O)C3)s2)CC1.